The Bertz CT molecular complexity index is 1010. The third-order valence-electron chi connectivity index (χ3n) is 6.03. The standard InChI is InChI=1S/C21H23ClN6/c1-13-20(25-9-8-24-13)14-2-4-15(5-3-14)21-27-26-19-12-23-11-16-10-17(22)6-7-18(16)28(19)21/h6-10,14-15,23H,2-5,11-12H2,1H3/t14-,15-. The molecule has 5 rings (SSSR count). The highest BCUT2D eigenvalue weighted by Crippen LogP contribution is 2.41. The molecular weight excluding hydrogens is 372 g/mol. The van der Waals surface area contributed by atoms with E-state index < -0.39 is 0 Å². The monoisotopic (exact) mass is 394 g/mol. The highest BCUT2D eigenvalue weighted by Gasteiger charge is 2.30. The van der Waals surface area contributed by atoms with E-state index in [0.29, 0.717) is 18.4 Å². The van der Waals surface area contributed by atoms with Crippen molar-refractivity contribution in [2.45, 2.75) is 57.5 Å². The van der Waals surface area contributed by atoms with Gasteiger partial charge in [0.1, 0.15) is 5.82 Å². The van der Waals surface area contributed by atoms with E-state index in [1.165, 1.54) is 5.56 Å². The normalized spacial score (nSPS) is 21.6. The Labute approximate surface area is 169 Å². The lowest BCUT2D eigenvalue weighted by molar-refractivity contribution is 0.375. The van der Waals surface area contributed by atoms with E-state index in [4.69, 9.17) is 11.6 Å². The maximum absolute atomic E-state index is 6.23. The quantitative estimate of drug-likeness (QED) is 0.709. The van der Waals surface area contributed by atoms with Crippen molar-refractivity contribution in [2.24, 2.45) is 0 Å². The number of fused-ring (bicyclic) bond motifs is 3. The molecule has 7 heteroatoms. The van der Waals surface area contributed by atoms with Gasteiger partial charge in [-0.3, -0.25) is 14.5 Å². The summed E-state index contributed by atoms with van der Waals surface area (Å²) in [6.07, 6.45) is 7.98. The minimum absolute atomic E-state index is 0.413. The Morgan fingerprint density at radius 1 is 1.00 bits per heavy atom. The van der Waals surface area contributed by atoms with Gasteiger partial charge >= 0.3 is 0 Å². The van der Waals surface area contributed by atoms with Gasteiger partial charge in [0, 0.05) is 35.8 Å². The highest BCUT2D eigenvalue weighted by molar-refractivity contribution is 6.30. The summed E-state index contributed by atoms with van der Waals surface area (Å²) in [6, 6.07) is 6.08. The number of nitrogens with zero attached hydrogens (tertiary/aromatic N) is 5. The molecule has 0 saturated heterocycles. The van der Waals surface area contributed by atoms with Crippen LogP contribution in [0.3, 0.4) is 0 Å². The fourth-order valence-electron chi connectivity index (χ4n) is 4.64. The molecule has 2 aromatic heterocycles. The fraction of sp³-hybridized carbons (Fsp3) is 0.429. The van der Waals surface area contributed by atoms with Gasteiger partial charge < -0.3 is 5.32 Å². The molecule has 3 aromatic rings. The molecule has 2 aliphatic rings. The predicted molar refractivity (Wildman–Crippen MR) is 108 cm³/mol. The maximum atomic E-state index is 6.23. The molecule has 0 atom stereocenters. The van der Waals surface area contributed by atoms with E-state index in [9.17, 15) is 0 Å². The van der Waals surface area contributed by atoms with Crippen LogP contribution in [-0.2, 0) is 13.1 Å². The smallest absolute Gasteiger partial charge is 0.151 e. The van der Waals surface area contributed by atoms with Crippen LogP contribution in [-0.4, -0.2) is 24.7 Å². The van der Waals surface area contributed by atoms with Crippen molar-refractivity contribution in [3.8, 4) is 5.69 Å². The molecule has 0 unspecified atom stereocenters. The first-order chi connectivity index (χ1) is 13.7. The first-order valence-corrected chi connectivity index (χ1v) is 10.3. The number of hydrogen-bond acceptors (Lipinski definition) is 5. The van der Waals surface area contributed by atoms with Crippen molar-refractivity contribution in [3.05, 3.63) is 64.2 Å². The summed E-state index contributed by atoms with van der Waals surface area (Å²) in [7, 11) is 0. The molecule has 0 radical (unpaired) electrons. The second-order valence-corrected chi connectivity index (χ2v) is 8.20. The van der Waals surface area contributed by atoms with E-state index in [1.54, 1.807) is 6.20 Å². The van der Waals surface area contributed by atoms with Crippen LogP contribution in [0.2, 0.25) is 5.02 Å². The van der Waals surface area contributed by atoms with Crippen molar-refractivity contribution in [3.63, 3.8) is 0 Å². The number of hydrogen-bond donors (Lipinski definition) is 1. The van der Waals surface area contributed by atoms with Gasteiger partial charge in [-0.15, -0.1) is 10.2 Å². The molecule has 1 aromatic carbocycles. The Balaban J connectivity index is 1.43. The van der Waals surface area contributed by atoms with Gasteiger partial charge in [-0.05, 0) is 56.4 Å². The van der Waals surface area contributed by atoms with Crippen molar-refractivity contribution in [2.75, 3.05) is 0 Å². The zero-order valence-electron chi connectivity index (χ0n) is 15.9. The zero-order chi connectivity index (χ0) is 19.1. The molecule has 3 heterocycles. The first-order valence-electron chi connectivity index (χ1n) is 9.92. The zero-order valence-corrected chi connectivity index (χ0v) is 16.7. The Hall–Kier alpha value is -2.31. The summed E-state index contributed by atoms with van der Waals surface area (Å²) in [4.78, 5) is 9.01. The topological polar surface area (TPSA) is 68.5 Å². The van der Waals surface area contributed by atoms with Crippen molar-refractivity contribution in [1.29, 1.82) is 0 Å². The van der Waals surface area contributed by atoms with Gasteiger partial charge in [0.25, 0.3) is 0 Å². The number of aryl methyl sites for hydroxylation is 1. The summed E-state index contributed by atoms with van der Waals surface area (Å²) >= 11 is 6.23. The highest BCUT2D eigenvalue weighted by atomic mass is 35.5. The van der Waals surface area contributed by atoms with Crippen LogP contribution in [0, 0.1) is 6.92 Å². The third-order valence-corrected chi connectivity index (χ3v) is 6.27. The van der Waals surface area contributed by atoms with E-state index in [1.807, 2.05) is 18.3 Å². The molecule has 28 heavy (non-hydrogen) atoms. The van der Waals surface area contributed by atoms with Crippen LogP contribution >= 0.6 is 11.6 Å². The van der Waals surface area contributed by atoms with Gasteiger partial charge in [0.15, 0.2) is 5.82 Å². The van der Waals surface area contributed by atoms with E-state index in [0.717, 1.165) is 66.0 Å². The Morgan fingerprint density at radius 3 is 2.61 bits per heavy atom. The molecule has 1 N–H and O–H groups in total. The van der Waals surface area contributed by atoms with Crippen LogP contribution in [0.15, 0.2) is 30.6 Å². The Kier molecular flexibility index (Phi) is 4.61. The molecule has 1 saturated carbocycles. The van der Waals surface area contributed by atoms with Gasteiger partial charge in [0.05, 0.1) is 23.6 Å². The summed E-state index contributed by atoms with van der Waals surface area (Å²) in [5.41, 5.74) is 4.55. The van der Waals surface area contributed by atoms with Gasteiger partial charge in [-0.1, -0.05) is 11.6 Å². The summed E-state index contributed by atoms with van der Waals surface area (Å²) < 4.78 is 2.25. The van der Waals surface area contributed by atoms with Crippen molar-refractivity contribution < 1.29 is 0 Å². The minimum Gasteiger partial charge on any atom is -0.306 e. The number of benzene rings is 1. The molecule has 6 nitrogen and oxygen atoms in total. The molecular formula is C21H23ClN6. The van der Waals surface area contributed by atoms with Crippen molar-refractivity contribution in [1.82, 2.24) is 30.0 Å². The lowest BCUT2D eigenvalue weighted by atomic mass is 9.79. The molecule has 0 amide bonds. The van der Waals surface area contributed by atoms with Crippen LogP contribution < -0.4 is 5.32 Å². The fourth-order valence-corrected chi connectivity index (χ4v) is 4.83. The lowest BCUT2D eigenvalue weighted by Gasteiger charge is -2.28. The van der Waals surface area contributed by atoms with E-state index in [-0.39, 0.29) is 0 Å². The predicted octanol–water partition coefficient (Wildman–Crippen LogP) is 4.06. The SMILES string of the molecule is Cc1nccnc1[C@H]1CC[C@H](c2nnc3n2-c2ccc(Cl)cc2CNC3)CC1. The molecule has 0 bridgehead atoms. The lowest BCUT2D eigenvalue weighted by Crippen LogP contribution is -2.18. The molecule has 1 aliphatic carbocycles. The van der Waals surface area contributed by atoms with E-state index >= 15 is 0 Å². The van der Waals surface area contributed by atoms with Crippen LogP contribution in [0.4, 0.5) is 0 Å². The number of aromatic nitrogens is 5. The number of nitrogens with one attached hydrogen (secondary N) is 1. The Morgan fingerprint density at radius 2 is 1.79 bits per heavy atom. The van der Waals surface area contributed by atoms with Crippen molar-refractivity contribution >= 4 is 11.6 Å². The van der Waals surface area contributed by atoms with Crippen LogP contribution in [0.1, 0.15) is 66.1 Å². The van der Waals surface area contributed by atoms with E-state index in [2.05, 4.69) is 43.0 Å². The molecule has 1 aliphatic heterocycles. The third kappa shape index (κ3) is 3.10. The maximum Gasteiger partial charge on any atom is 0.151 e. The van der Waals surface area contributed by atoms with Crippen LogP contribution in [0.5, 0.6) is 0 Å². The minimum atomic E-state index is 0.413. The second kappa shape index (κ2) is 7.26. The molecule has 144 valence electrons. The summed E-state index contributed by atoms with van der Waals surface area (Å²) in [5.74, 6) is 2.96. The van der Waals surface area contributed by atoms with Gasteiger partial charge in [0.2, 0.25) is 0 Å². The van der Waals surface area contributed by atoms with Gasteiger partial charge in [-0.25, -0.2) is 0 Å². The van der Waals surface area contributed by atoms with Crippen LogP contribution in [0.25, 0.3) is 5.69 Å². The number of rotatable bonds is 2. The largest absolute Gasteiger partial charge is 0.306 e. The molecule has 0 spiro atoms. The number of halogens is 1. The summed E-state index contributed by atoms with van der Waals surface area (Å²) in [5, 5.41) is 13.3. The average molecular weight is 395 g/mol. The van der Waals surface area contributed by atoms with Gasteiger partial charge in [-0.2, -0.15) is 0 Å². The second-order valence-electron chi connectivity index (χ2n) is 7.76. The summed E-state index contributed by atoms with van der Waals surface area (Å²) in [6.45, 7) is 3.56. The first kappa shape index (κ1) is 17.8. The molecule has 1 fully saturated rings. The average Bonchev–Trinajstić information content (AvgIpc) is 3.04.